The first-order valence-corrected chi connectivity index (χ1v) is 6.90. The van der Waals surface area contributed by atoms with Crippen molar-refractivity contribution in [3.63, 3.8) is 0 Å². The van der Waals surface area contributed by atoms with E-state index in [1.54, 1.807) is 12.5 Å². The molecule has 1 N–H and O–H groups in total. The maximum atomic E-state index is 11.0. The molecule has 0 unspecified atom stereocenters. The van der Waals surface area contributed by atoms with Crippen LogP contribution in [0.15, 0.2) is 43.0 Å². The zero-order valence-electron chi connectivity index (χ0n) is 12.7. The molecule has 1 aromatic heterocycles. The van der Waals surface area contributed by atoms with Crippen molar-refractivity contribution in [3.8, 4) is 5.69 Å². The molecule has 0 saturated heterocycles. The largest absolute Gasteiger partial charge is 0.480 e. The number of hydrogen-bond donors (Lipinski definition) is 1. The molecule has 0 aliphatic rings. The highest BCUT2D eigenvalue weighted by atomic mass is 16.4. The Labute approximate surface area is 124 Å². The highest BCUT2D eigenvalue weighted by Crippen LogP contribution is 2.18. The summed E-state index contributed by atoms with van der Waals surface area (Å²) >= 11 is 0. The summed E-state index contributed by atoms with van der Waals surface area (Å²) in [7, 11) is 0. The van der Waals surface area contributed by atoms with Gasteiger partial charge in [0.05, 0.1) is 12.9 Å². The first-order chi connectivity index (χ1) is 9.86. The van der Waals surface area contributed by atoms with Crippen LogP contribution in [0.5, 0.6) is 0 Å². The van der Waals surface area contributed by atoms with E-state index < -0.39 is 5.97 Å². The number of carboxylic acid groups (broad SMARTS) is 1. The van der Waals surface area contributed by atoms with E-state index in [4.69, 9.17) is 5.11 Å². The van der Waals surface area contributed by atoms with Gasteiger partial charge in [-0.25, -0.2) is 4.98 Å². The molecule has 21 heavy (non-hydrogen) atoms. The molecule has 1 heterocycles. The van der Waals surface area contributed by atoms with E-state index in [1.807, 2.05) is 60.7 Å². The minimum atomic E-state index is -0.806. The summed E-state index contributed by atoms with van der Waals surface area (Å²) < 4.78 is 1.93. The summed E-state index contributed by atoms with van der Waals surface area (Å²) in [6.45, 7) is 6.72. The molecule has 0 aliphatic carbocycles. The molecule has 0 fully saturated rings. The topological polar surface area (TPSA) is 58.4 Å². The Morgan fingerprint density at radius 3 is 2.43 bits per heavy atom. The van der Waals surface area contributed by atoms with Crippen LogP contribution in [0.2, 0.25) is 0 Å². The third kappa shape index (κ3) is 4.16. The van der Waals surface area contributed by atoms with Crippen LogP contribution in [-0.2, 0) is 11.3 Å². The van der Waals surface area contributed by atoms with Gasteiger partial charge in [-0.2, -0.15) is 0 Å². The first-order valence-electron chi connectivity index (χ1n) is 6.90. The van der Waals surface area contributed by atoms with E-state index >= 15 is 0 Å². The van der Waals surface area contributed by atoms with Gasteiger partial charge in [0.1, 0.15) is 0 Å². The van der Waals surface area contributed by atoms with Crippen molar-refractivity contribution in [1.82, 2.24) is 14.5 Å². The number of aromatic nitrogens is 2. The summed E-state index contributed by atoms with van der Waals surface area (Å²) in [5.74, 6) is -0.806. The minimum Gasteiger partial charge on any atom is -0.480 e. The SMILES string of the molecule is CC(C)(C)N(CC(=O)O)Cc1ccc(-n2ccnc2)cc1. The molecule has 5 heteroatoms. The predicted molar refractivity (Wildman–Crippen MR) is 81.4 cm³/mol. The van der Waals surface area contributed by atoms with Crippen LogP contribution in [0.3, 0.4) is 0 Å². The van der Waals surface area contributed by atoms with Crippen molar-refractivity contribution >= 4 is 5.97 Å². The van der Waals surface area contributed by atoms with E-state index in [2.05, 4.69) is 4.98 Å². The second-order valence-corrected chi connectivity index (χ2v) is 6.06. The number of aliphatic carboxylic acids is 1. The van der Waals surface area contributed by atoms with Gasteiger partial charge in [-0.15, -0.1) is 0 Å². The molecule has 0 bridgehead atoms. The summed E-state index contributed by atoms with van der Waals surface area (Å²) in [4.78, 5) is 17.0. The summed E-state index contributed by atoms with van der Waals surface area (Å²) in [5.41, 5.74) is 1.94. The van der Waals surface area contributed by atoms with Gasteiger partial charge >= 0.3 is 5.97 Å². The number of carbonyl (C=O) groups is 1. The van der Waals surface area contributed by atoms with E-state index in [0.29, 0.717) is 6.54 Å². The highest BCUT2D eigenvalue weighted by Gasteiger charge is 2.23. The third-order valence-corrected chi connectivity index (χ3v) is 3.39. The van der Waals surface area contributed by atoms with Crippen molar-refractivity contribution in [1.29, 1.82) is 0 Å². The Kier molecular flexibility index (Phi) is 4.43. The Bertz CT molecular complexity index is 583. The summed E-state index contributed by atoms with van der Waals surface area (Å²) in [5, 5.41) is 9.04. The van der Waals surface area contributed by atoms with Crippen molar-refractivity contribution in [2.24, 2.45) is 0 Å². The van der Waals surface area contributed by atoms with Gasteiger partial charge in [0.2, 0.25) is 0 Å². The number of rotatable bonds is 5. The molecule has 5 nitrogen and oxygen atoms in total. The van der Waals surface area contributed by atoms with Crippen LogP contribution >= 0.6 is 0 Å². The third-order valence-electron chi connectivity index (χ3n) is 3.39. The zero-order valence-corrected chi connectivity index (χ0v) is 12.7. The van der Waals surface area contributed by atoms with Crippen molar-refractivity contribution < 1.29 is 9.90 Å². The van der Waals surface area contributed by atoms with Crippen LogP contribution in [-0.4, -0.2) is 37.6 Å². The van der Waals surface area contributed by atoms with Gasteiger partial charge in [0.25, 0.3) is 0 Å². The van der Waals surface area contributed by atoms with E-state index in [0.717, 1.165) is 11.3 Å². The second-order valence-electron chi connectivity index (χ2n) is 6.06. The first kappa shape index (κ1) is 15.3. The van der Waals surface area contributed by atoms with Gasteiger partial charge < -0.3 is 9.67 Å². The average Bonchev–Trinajstić information content (AvgIpc) is 2.91. The van der Waals surface area contributed by atoms with Crippen molar-refractivity contribution in [2.45, 2.75) is 32.9 Å². The summed E-state index contributed by atoms with van der Waals surface area (Å²) in [6.07, 6.45) is 5.38. The summed E-state index contributed by atoms with van der Waals surface area (Å²) in [6, 6.07) is 8.07. The van der Waals surface area contributed by atoms with Crippen LogP contribution in [0.25, 0.3) is 5.69 Å². The number of benzene rings is 1. The van der Waals surface area contributed by atoms with Crippen LogP contribution in [0.4, 0.5) is 0 Å². The zero-order chi connectivity index (χ0) is 15.5. The monoisotopic (exact) mass is 287 g/mol. The number of imidazole rings is 1. The molecule has 0 radical (unpaired) electrons. The molecular formula is C16H21N3O2. The fourth-order valence-corrected chi connectivity index (χ4v) is 2.10. The molecule has 0 saturated carbocycles. The van der Waals surface area contributed by atoms with E-state index in [9.17, 15) is 4.79 Å². The molecule has 2 aromatic rings. The molecule has 112 valence electrons. The number of hydrogen-bond acceptors (Lipinski definition) is 3. The van der Waals surface area contributed by atoms with Crippen LogP contribution < -0.4 is 0 Å². The van der Waals surface area contributed by atoms with Gasteiger partial charge in [0, 0.05) is 30.2 Å². The highest BCUT2D eigenvalue weighted by molar-refractivity contribution is 5.69. The number of carboxylic acids is 1. The minimum absolute atomic E-state index is 0.0345. The lowest BCUT2D eigenvalue weighted by atomic mass is 10.0. The molecule has 0 amide bonds. The fraction of sp³-hybridized carbons (Fsp3) is 0.375. The lowest BCUT2D eigenvalue weighted by molar-refractivity contribution is -0.139. The Morgan fingerprint density at radius 1 is 1.29 bits per heavy atom. The van der Waals surface area contributed by atoms with Gasteiger partial charge in [-0.05, 0) is 38.5 Å². The van der Waals surface area contributed by atoms with Crippen molar-refractivity contribution in [3.05, 3.63) is 48.5 Å². The van der Waals surface area contributed by atoms with Gasteiger partial charge in [-0.1, -0.05) is 12.1 Å². The van der Waals surface area contributed by atoms with Crippen LogP contribution in [0, 0.1) is 0 Å². The molecule has 0 spiro atoms. The quantitative estimate of drug-likeness (QED) is 0.918. The molecule has 2 rings (SSSR count). The molecule has 0 aliphatic heterocycles. The Morgan fingerprint density at radius 2 is 1.95 bits per heavy atom. The van der Waals surface area contributed by atoms with Crippen LogP contribution in [0.1, 0.15) is 26.3 Å². The average molecular weight is 287 g/mol. The van der Waals surface area contributed by atoms with Gasteiger partial charge in [-0.3, -0.25) is 9.69 Å². The second kappa shape index (κ2) is 6.10. The van der Waals surface area contributed by atoms with E-state index in [-0.39, 0.29) is 12.1 Å². The Balaban J connectivity index is 2.12. The predicted octanol–water partition coefficient (Wildman–Crippen LogP) is 2.56. The smallest absolute Gasteiger partial charge is 0.317 e. The fourth-order valence-electron chi connectivity index (χ4n) is 2.10. The van der Waals surface area contributed by atoms with E-state index in [1.165, 1.54) is 0 Å². The normalized spacial score (nSPS) is 11.8. The maximum absolute atomic E-state index is 11.0. The number of nitrogens with zero attached hydrogens (tertiary/aromatic N) is 3. The lowest BCUT2D eigenvalue weighted by Crippen LogP contribution is -2.43. The maximum Gasteiger partial charge on any atom is 0.317 e. The molecule has 1 aromatic carbocycles. The molecule has 0 atom stereocenters. The standard InChI is InChI=1S/C16H21N3O2/c1-16(2,3)19(11-15(20)21)10-13-4-6-14(7-5-13)18-9-8-17-12-18/h4-9,12H,10-11H2,1-3H3,(H,20,21). The lowest BCUT2D eigenvalue weighted by Gasteiger charge is -2.34. The Hall–Kier alpha value is -2.14. The van der Waals surface area contributed by atoms with Crippen molar-refractivity contribution in [2.75, 3.05) is 6.54 Å². The molecular weight excluding hydrogens is 266 g/mol. The van der Waals surface area contributed by atoms with Gasteiger partial charge in [0.15, 0.2) is 0 Å².